The van der Waals surface area contributed by atoms with Crippen molar-refractivity contribution in [3.63, 3.8) is 0 Å². The second kappa shape index (κ2) is 9.63. The number of nitrogens with one attached hydrogen (secondary N) is 2. The molecule has 0 saturated carbocycles. The molecule has 6 rings (SSSR count). The van der Waals surface area contributed by atoms with Crippen molar-refractivity contribution in [3.8, 4) is 22.7 Å². The number of halogens is 2. The normalized spacial score (nSPS) is 14.8. The first-order valence-electron chi connectivity index (χ1n) is 12.4. The van der Waals surface area contributed by atoms with Gasteiger partial charge in [0.05, 0.1) is 16.2 Å². The van der Waals surface area contributed by atoms with Gasteiger partial charge in [0, 0.05) is 28.9 Å². The Morgan fingerprint density at radius 3 is 2.69 bits per heavy atom. The fraction of sp³-hybridized carbons (Fsp3) is 0.133. The molecule has 5 aromatic rings. The van der Waals surface area contributed by atoms with Crippen LogP contribution in [-0.4, -0.2) is 26.9 Å². The van der Waals surface area contributed by atoms with Crippen molar-refractivity contribution in [2.45, 2.75) is 26.2 Å². The van der Waals surface area contributed by atoms with Gasteiger partial charge in [-0.1, -0.05) is 42.8 Å². The molecule has 9 heteroatoms. The molecule has 1 aliphatic rings. The fourth-order valence-corrected chi connectivity index (χ4v) is 5.00. The van der Waals surface area contributed by atoms with Crippen molar-refractivity contribution in [1.82, 2.24) is 15.2 Å². The molecule has 1 aliphatic carbocycles. The second-order valence-electron chi connectivity index (χ2n) is 9.45. The number of nitrogens with zero attached hydrogens (tertiary/aromatic N) is 2. The number of aromatic amines is 1. The van der Waals surface area contributed by atoms with E-state index in [0.717, 1.165) is 22.7 Å². The Morgan fingerprint density at radius 1 is 1.13 bits per heavy atom. The number of H-pyrrole nitrogens is 1. The van der Waals surface area contributed by atoms with Crippen LogP contribution >= 0.6 is 11.6 Å². The number of fused-ring (bicyclic) bond motifs is 2. The lowest BCUT2D eigenvalue weighted by Gasteiger charge is -2.23. The Labute approximate surface area is 227 Å². The largest absolute Gasteiger partial charge is 0.436 e. The first kappa shape index (κ1) is 24.8. The Hall–Kier alpha value is -4.56. The molecule has 0 fully saturated rings. The van der Waals surface area contributed by atoms with Gasteiger partial charge in [0.2, 0.25) is 5.89 Å². The van der Waals surface area contributed by atoms with E-state index in [2.05, 4.69) is 20.5 Å². The van der Waals surface area contributed by atoms with E-state index in [1.807, 2.05) is 32.0 Å². The molecule has 3 aromatic carbocycles. The number of carbonyl (C=O) groups is 2. The van der Waals surface area contributed by atoms with Gasteiger partial charge in [-0.3, -0.25) is 14.7 Å². The lowest BCUT2D eigenvalue weighted by molar-refractivity contribution is -0.112. The van der Waals surface area contributed by atoms with Crippen LogP contribution in [0.3, 0.4) is 0 Å². The van der Waals surface area contributed by atoms with Crippen LogP contribution in [0.15, 0.2) is 76.9 Å². The van der Waals surface area contributed by atoms with E-state index in [-0.39, 0.29) is 22.1 Å². The smallest absolute Gasteiger partial charge is 0.259 e. The molecule has 1 atom stereocenters. The molecule has 2 heterocycles. The lowest BCUT2D eigenvalue weighted by Crippen LogP contribution is -2.25. The minimum Gasteiger partial charge on any atom is -0.436 e. The molecule has 0 radical (unpaired) electrons. The first-order chi connectivity index (χ1) is 18.8. The quantitative estimate of drug-likeness (QED) is 0.229. The summed E-state index contributed by atoms with van der Waals surface area (Å²) < 4.78 is 20.1. The molecular formula is C30H22ClFN4O3. The molecule has 2 N–H and O–H groups in total. The number of carbonyl (C=O) groups excluding carboxylic acids is 2. The van der Waals surface area contributed by atoms with Crippen molar-refractivity contribution in [2.24, 2.45) is 0 Å². The van der Waals surface area contributed by atoms with E-state index in [9.17, 15) is 14.0 Å². The molecule has 1 unspecified atom stereocenters. The van der Waals surface area contributed by atoms with Crippen LogP contribution in [0.2, 0.25) is 5.02 Å². The second-order valence-corrected chi connectivity index (χ2v) is 9.85. The molecule has 1 amide bonds. The topological polar surface area (TPSA) is 101 Å². The van der Waals surface area contributed by atoms with Crippen LogP contribution < -0.4 is 5.32 Å². The summed E-state index contributed by atoms with van der Waals surface area (Å²) >= 11 is 5.94. The number of Topliss-reactive ketones (excluding diaryl/α,β-unsaturated/α-hetero) is 1. The monoisotopic (exact) mass is 540 g/mol. The Kier molecular flexibility index (Phi) is 6.12. The predicted octanol–water partition coefficient (Wildman–Crippen LogP) is 7.24. The third kappa shape index (κ3) is 4.42. The number of allylic oxidation sites excluding steroid dienone is 1. The first-order valence-corrected chi connectivity index (χ1v) is 12.8. The predicted molar refractivity (Wildman–Crippen MR) is 147 cm³/mol. The van der Waals surface area contributed by atoms with Gasteiger partial charge in [0.1, 0.15) is 17.0 Å². The average molecular weight is 541 g/mol. The third-order valence-electron chi connectivity index (χ3n) is 6.86. The zero-order valence-electron chi connectivity index (χ0n) is 21.0. The van der Waals surface area contributed by atoms with Crippen LogP contribution in [0.5, 0.6) is 0 Å². The molecule has 7 nitrogen and oxygen atoms in total. The number of ketones is 1. The molecule has 39 heavy (non-hydrogen) atoms. The van der Waals surface area contributed by atoms with Gasteiger partial charge in [-0.15, -0.1) is 0 Å². The number of amides is 1. The van der Waals surface area contributed by atoms with E-state index in [0.29, 0.717) is 40.4 Å². The highest BCUT2D eigenvalue weighted by Crippen LogP contribution is 2.36. The summed E-state index contributed by atoms with van der Waals surface area (Å²) in [6, 6.07) is 15.4. The van der Waals surface area contributed by atoms with E-state index in [4.69, 9.17) is 16.0 Å². The number of hydrogen-bond acceptors (Lipinski definition) is 5. The number of aryl methyl sites for hydroxylation is 1. The molecule has 0 aliphatic heterocycles. The van der Waals surface area contributed by atoms with E-state index >= 15 is 0 Å². The van der Waals surface area contributed by atoms with Crippen LogP contribution in [0.1, 0.15) is 40.7 Å². The number of rotatable bonds is 5. The van der Waals surface area contributed by atoms with E-state index < -0.39 is 17.5 Å². The molecule has 0 saturated heterocycles. The summed E-state index contributed by atoms with van der Waals surface area (Å²) in [7, 11) is 0. The third-order valence-corrected chi connectivity index (χ3v) is 7.15. The van der Waals surface area contributed by atoms with Crippen LogP contribution in [0.4, 0.5) is 10.1 Å². The summed E-state index contributed by atoms with van der Waals surface area (Å²) in [5.74, 6) is -1.57. The Bertz CT molecular complexity index is 1800. The molecule has 0 bridgehead atoms. The van der Waals surface area contributed by atoms with Gasteiger partial charge < -0.3 is 9.73 Å². The average Bonchev–Trinajstić information content (AvgIpc) is 3.57. The van der Waals surface area contributed by atoms with Gasteiger partial charge in [-0.25, -0.2) is 9.37 Å². The Morgan fingerprint density at radius 2 is 1.92 bits per heavy atom. The number of hydrogen-bond donors (Lipinski definition) is 2. The number of aromatic nitrogens is 3. The molecule has 0 spiro atoms. The zero-order chi connectivity index (χ0) is 27.3. The van der Waals surface area contributed by atoms with Gasteiger partial charge in [0.25, 0.3) is 5.91 Å². The highest BCUT2D eigenvalue weighted by Gasteiger charge is 2.31. The fourth-order valence-electron chi connectivity index (χ4n) is 4.83. The van der Waals surface area contributed by atoms with Crippen molar-refractivity contribution < 1.29 is 18.4 Å². The summed E-state index contributed by atoms with van der Waals surface area (Å²) in [4.78, 5) is 30.8. The van der Waals surface area contributed by atoms with Gasteiger partial charge in [-0.2, -0.15) is 5.10 Å². The highest BCUT2D eigenvalue weighted by atomic mass is 35.5. The van der Waals surface area contributed by atoms with E-state index in [1.165, 1.54) is 6.07 Å². The number of anilines is 1. The van der Waals surface area contributed by atoms with Gasteiger partial charge >= 0.3 is 0 Å². The van der Waals surface area contributed by atoms with Crippen molar-refractivity contribution >= 4 is 40.1 Å². The molecular weight excluding hydrogens is 519 g/mol. The maximum atomic E-state index is 14.1. The zero-order valence-corrected chi connectivity index (χ0v) is 21.8. The van der Waals surface area contributed by atoms with Gasteiger partial charge in [0.15, 0.2) is 11.4 Å². The molecule has 194 valence electrons. The summed E-state index contributed by atoms with van der Waals surface area (Å²) in [5.41, 5.74) is 5.91. The minimum absolute atomic E-state index is 0.0269. The summed E-state index contributed by atoms with van der Waals surface area (Å²) in [5, 5.41) is 9.97. The maximum Gasteiger partial charge on any atom is 0.259 e. The summed E-state index contributed by atoms with van der Waals surface area (Å²) in [6.07, 6.45) is 3.97. The number of oxazole rings is 1. The van der Waals surface area contributed by atoms with E-state index in [1.54, 1.807) is 36.5 Å². The molecule has 2 aromatic heterocycles. The maximum absolute atomic E-state index is 14.1. The highest BCUT2D eigenvalue weighted by molar-refractivity contribution is 6.32. The number of benzene rings is 3. The van der Waals surface area contributed by atoms with Crippen molar-refractivity contribution in [1.29, 1.82) is 0 Å². The standard InChI is InChI=1S/C30H22ClFN4O3/c1-3-16-11-21(28(37)20-13-24(32)23(31)12-19(16)20)29(38)34-18-7-5-17(6-8-18)27-22(14-33-36-27)30-35-25-10-15(2)4-9-26(25)39-30/h4-14,16H,3H2,1-2H3,(H,33,36)(H,34,38). The lowest BCUT2D eigenvalue weighted by atomic mass is 9.81. The van der Waals surface area contributed by atoms with Crippen LogP contribution in [-0.2, 0) is 4.79 Å². The Balaban J connectivity index is 1.24. The SMILES string of the molecule is CCC1C=C(C(=O)Nc2ccc(-c3n[nH]cc3-c3nc4cc(C)ccc4o3)cc2)C(=O)c2cc(F)c(Cl)cc21. The van der Waals surface area contributed by atoms with Gasteiger partial charge in [-0.05, 0) is 60.9 Å². The van der Waals surface area contributed by atoms with Crippen LogP contribution in [0.25, 0.3) is 33.8 Å². The van der Waals surface area contributed by atoms with Crippen molar-refractivity contribution in [3.05, 3.63) is 100.0 Å². The minimum atomic E-state index is -0.693. The van der Waals surface area contributed by atoms with Crippen LogP contribution in [0, 0.1) is 12.7 Å². The van der Waals surface area contributed by atoms with Crippen molar-refractivity contribution in [2.75, 3.05) is 5.32 Å². The summed E-state index contributed by atoms with van der Waals surface area (Å²) in [6.45, 7) is 3.92.